The topological polar surface area (TPSA) is 152 Å². The molecular weight excluding hydrogens is 574 g/mol. The second kappa shape index (κ2) is 20.4. The summed E-state index contributed by atoms with van der Waals surface area (Å²) < 4.78 is 10.8. The number of rotatable bonds is 15. The highest BCUT2D eigenvalue weighted by atomic mass is 16.5. The Kier molecular flexibility index (Phi) is 17.8. The third-order valence-corrected chi connectivity index (χ3v) is 7.24. The first-order valence-corrected chi connectivity index (χ1v) is 15.7. The SMILES string of the molecule is C/C=C/C(OC)C(C)C(=O)NC(C(=O)NC(C)C(=O)N1CCCC(C(N)=O)N1)C(C)C.C=CCOc1cccc(CC(C)C)c1. The number of nitrogens with two attached hydrogens (primary N) is 1. The summed E-state index contributed by atoms with van der Waals surface area (Å²) in [5, 5.41) is 6.75. The van der Waals surface area contributed by atoms with Gasteiger partial charge in [0.05, 0.1) is 12.0 Å². The lowest BCUT2D eigenvalue weighted by atomic mass is 9.99. The standard InChI is InChI=1S/C21H37N5O5.C13H18O/c1-7-9-16(31-6)13(4)19(28)24-17(12(2)3)20(29)23-14(5)21(30)26-11-8-10-15(25-26)18(22)27;1-4-8-14-13-7-5-6-12(10-13)9-11(2)3/h7,9,12-17,25H,8,10-11H2,1-6H3,(H2,22,27)(H,23,29)(H,24,28);4-7,10-11H,1,8-9H2,2-3H3/b9-7+;. The van der Waals surface area contributed by atoms with Gasteiger partial charge in [-0.1, -0.05) is 71.6 Å². The van der Waals surface area contributed by atoms with E-state index >= 15 is 0 Å². The summed E-state index contributed by atoms with van der Waals surface area (Å²) in [6.07, 6.45) is 7.21. The third-order valence-electron chi connectivity index (χ3n) is 7.24. The third kappa shape index (κ3) is 13.9. The van der Waals surface area contributed by atoms with Crippen LogP contribution in [0.2, 0.25) is 0 Å². The fourth-order valence-corrected chi connectivity index (χ4v) is 4.75. The normalized spacial score (nSPS) is 17.5. The highest BCUT2D eigenvalue weighted by Gasteiger charge is 2.33. The molecule has 11 nitrogen and oxygen atoms in total. The molecule has 252 valence electrons. The van der Waals surface area contributed by atoms with Crippen LogP contribution in [0, 0.1) is 17.8 Å². The molecule has 0 spiro atoms. The number of hydrazine groups is 1. The lowest BCUT2D eigenvalue weighted by Gasteiger charge is -2.34. The van der Waals surface area contributed by atoms with E-state index in [1.165, 1.54) is 17.7 Å². The molecule has 45 heavy (non-hydrogen) atoms. The van der Waals surface area contributed by atoms with Gasteiger partial charge in [0.15, 0.2) is 0 Å². The van der Waals surface area contributed by atoms with Gasteiger partial charge in [0, 0.05) is 13.7 Å². The van der Waals surface area contributed by atoms with Crippen molar-refractivity contribution in [2.75, 3.05) is 20.3 Å². The van der Waals surface area contributed by atoms with E-state index < -0.39 is 42.0 Å². The Hall–Kier alpha value is -3.70. The number of hydrogen-bond acceptors (Lipinski definition) is 7. The molecule has 0 aliphatic carbocycles. The van der Waals surface area contributed by atoms with Gasteiger partial charge < -0.3 is 25.8 Å². The molecule has 1 aromatic rings. The van der Waals surface area contributed by atoms with Gasteiger partial charge in [-0.15, -0.1) is 0 Å². The molecule has 1 aromatic carbocycles. The summed E-state index contributed by atoms with van der Waals surface area (Å²) in [4.78, 5) is 49.6. The van der Waals surface area contributed by atoms with E-state index in [1.807, 2.05) is 32.9 Å². The van der Waals surface area contributed by atoms with E-state index in [9.17, 15) is 19.2 Å². The number of benzene rings is 1. The molecule has 11 heteroatoms. The van der Waals surface area contributed by atoms with Gasteiger partial charge in [-0.25, -0.2) is 5.43 Å². The van der Waals surface area contributed by atoms with Gasteiger partial charge in [0.1, 0.15) is 30.5 Å². The van der Waals surface area contributed by atoms with Crippen molar-refractivity contribution < 1.29 is 28.7 Å². The Bertz CT molecular complexity index is 1140. The van der Waals surface area contributed by atoms with Crippen LogP contribution in [-0.4, -0.2) is 73.1 Å². The van der Waals surface area contributed by atoms with Gasteiger partial charge >= 0.3 is 0 Å². The van der Waals surface area contributed by atoms with Crippen LogP contribution in [0.5, 0.6) is 5.75 Å². The minimum Gasteiger partial charge on any atom is -0.490 e. The van der Waals surface area contributed by atoms with Gasteiger partial charge in [-0.3, -0.25) is 24.2 Å². The molecule has 0 saturated carbocycles. The van der Waals surface area contributed by atoms with Crippen LogP contribution < -0.4 is 26.5 Å². The molecule has 0 radical (unpaired) electrons. The smallest absolute Gasteiger partial charge is 0.258 e. The van der Waals surface area contributed by atoms with Crippen molar-refractivity contribution in [3.05, 3.63) is 54.6 Å². The van der Waals surface area contributed by atoms with Crippen molar-refractivity contribution in [3.63, 3.8) is 0 Å². The summed E-state index contributed by atoms with van der Waals surface area (Å²) in [7, 11) is 1.52. The number of amides is 4. The minimum absolute atomic E-state index is 0.200. The Morgan fingerprint density at radius 1 is 1.11 bits per heavy atom. The van der Waals surface area contributed by atoms with Gasteiger partial charge in [-0.05, 0) is 62.6 Å². The molecule has 1 aliphatic rings. The molecule has 4 amide bonds. The van der Waals surface area contributed by atoms with Crippen LogP contribution in [-0.2, 0) is 30.3 Å². The number of methoxy groups -OCH3 is 1. The predicted molar refractivity (Wildman–Crippen MR) is 177 cm³/mol. The molecule has 5 atom stereocenters. The quantitative estimate of drug-likeness (QED) is 0.217. The molecule has 5 N–H and O–H groups in total. The number of nitrogens with zero attached hydrogens (tertiary/aromatic N) is 1. The highest BCUT2D eigenvalue weighted by molar-refractivity contribution is 5.92. The van der Waals surface area contributed by atoms with Gasteiger partial charge in [0.2, 0.25) is 17.7 Å². The molecule has 0 aromatic heterocycles. The number of ether oxygens (including phenoxy) is 2. The minimum atomic E-state index is -0.850. The Morgan fingerprint density at radius 3 is 2.36 bits per heavy atom. The lowest BCUT2D eigenvalue weighted by molar-refractivity contribution is -0.143. The van der Waals surface area contributed by atoms with Crippen LogP contribution in [0.25, 0.3) is 0 Å². The largest absolute Gasteiger partial charge is 0.490 e. The first-order valence-electron chi connectivity index (χ1n) is 15.7. The monoisotopic (exact) mass is 629 g/mol. The fourth-order valence-electron chi connectivity index (χ4n) is 4.75. The van der Waals surface area contributed by atoms with Crippen LogP contribution in [0.3, 0.4) is 0 Å². The number of carbonyl (C=O) groups excluding carboxylic acids is 4. The molecule has 1 heterocycles. The number of allylic oxidation sites excluding steroid dienone is 1. The summed E-state index contributed by atoms with van der Waals surface area (Å²) in [5.41, 5.74) is 9.46. The highest BCUT2D eigenvalue weighted by Crippen LogP contribution is 2.16. The number of hydrogen-bond donors (Lipinski definition) is 4. The van der Waals surface area contributed by atoms with E-state index in [0.29, 0.717) is 31.9 Å². The molecule has 0 bridgehead atoms. The lowest BCUT2D eigenvalue weighted by Crippen LogP contribution is -2.61. The second-order valence-electron chi connectivity index (χ2n) is 12.0. The molecule has 1 aliphatic heterocycles. The van der Waals surface area contributed by atoms with E-state index in [0.717, 1.165) is 12.2 Å². The molecular formula is C34H55N5O6. The van der Waals surface area contributed by atoms with Crippen LogP contribution >= 0.6 is 0 Å². The van der Waals surface area contributed by atoms with Crippen molar-refractivity contribution in [2.24, 2.45) is 23.5 Å². The average molecular weight is 630 g/mol. The Balaban J connectivity index is 0.000000600. The van der Waals surface area contributed by atoms with Crippen molar-refractivity contribution in [2.45, 2.75) is 92.0 Å². The Labute approximate surface area is 269 Å². The summed E-state index contributed by atoms with van der Waals surface area (Å²) >= 11 is 0. The zero-order chi connectivity index (χ0) is 34.1. The number of nitrogens with one attached hydrogen (secondary N) is 3. The molecule has 1 saturated heterocycles. The van der Waals surface area contributed by atoms with Crippen LogP contribution in [0.1, 0.15) is 66.9 Å². The summed E-state index contributed by atoms with van der Waals surface area (Å²) in [5.74, 6) is -0.773. The van der Waals surface area contributed by atoms with E-state index in [1.54, 1.807) is 32.1 Å². The maximum atomic E-state index is 12.8. The van der Waals surface area contributed by atoms with Crippen LogP contribution in [0.15, 0.2) is 49.1 Å². The van der Waals surface area contributed by atoms with Crippen molar-refractivity contribution in [3.8, 4) is 5.75 Å². The molecule has 5 unspecified atom stereocenters. The van der Waals surface area contributed by atoms with Crippen molar-refractivity contribution >= 4 is 23.6 Å². The Morgan fingerprint density at radius 2 is 1.80 bits per heavy atom. The van der Waals surface area contributed by atoms with E-state index in [4.69, 9.17) is 15.2 Å². The van der Waals surface area contributed by atoms with Crippen molar-refractivity contribution in [1.82, 2.24) is 21.1 Å². The first kappa shape index (κ1) is 39.3. The molecule has 2 rings (SSSR count). The fraction of sp³-hybridized carbons (Fsp3) is 0.588. The number of primary amides is 1. The maximum absolute atomic E-state index is 12.8. The van der Waals surface area contributed by atoms with Gasteiger partial charge in [0.25, 0.3) is 5.91 Å². The average Bonchev–Trinajstić information content (AvgIpc) is 3.00. The van der Waals surface area contributed by atoms with E-state index in [-0.39, 0.29) is 17.7 Å². The zero-order valence-corrected chi connectivity index (χ0v) is 28.3. The van der Waals surface area contributed by atoms with Crippen LogP contribution in [0.4, 0.5) is 0 Å². The van der Waals surface area contributed by atoms with Gasteiger partial charge in [-0.2, -0.15) is 0 Å². The second-order valence-corrected chi connectivity index (χ2v) is 12.0. The molecule has 1 fully saturated rings. The summed E-state index contributed by atoms with van der Waals surface area (Å²) in [6.45, 7) is 17.8. The first-order chi connectivity index (χ1) is 21.2. The van der Waals surface area contributed by atoms with Crippen molar-refractivity contribution in [1.29, 1.82) is 0 Å². The summed E-state index contributed by atoms with van der Waals surface area (Å²) in [6, 6.07) is 5.97. The maximum Gasteiger partial charge on any atom is 0.258 e. The number of carbonyl (C=O) groups is 4. The van der Waals surface area contributed by atoms with E-state index in [2.05, 4.69) is 48.6 Å². The predicted octanol–water partition coefficient (Wildman–Crippen LogP) is 3.29. The zero-order valence-electron chi connectivity index (χ0n) is 28.3.